The Morgan fingerprint density at radius 2 is 2.03 bits per heavy atom. The van der Waals surface area contributed by atoms with Crippen molar-refractivity contribution >= 4 is 23.1 Å². The Kier molecular flexibility index (Phi) is 5.22. The number of alkyl halides is 3. The van der Waals surface area contributed by atoms with Crippen molar-refractivity contribution in [2.45, 2.75) is 57.3 Å². The van der Waals surface area contributed by atoms with Gasteiger partial charge in [0, 0.05) is 36.5 Å². The molecule has 0 saturated carbocycles. The number of halogens is 3. The zero-order chi connectivity index (χ0) is 20.6. The molecule has 4 heterocycles. The van der Waals surface area contributed by atoms with Crippen LogP contribution in [0.15, 0.2) is 17.8 Å². The van der Waals surface area contributed by atoms with Crippen molar-refractivity contribution in [2.75, 3.05) is 18.0 Å². The number of carbonyl (C=O) groups is 1. The van der Waals surface area contributed by atoms with Gasteiger partial charge in [-0.2, -0.15) is 13.2 Å². The highest BCUT2D eigenvalue weighted by molar-refractivity contribution is 7.09. The molecule has 2 fully saturated rings. The Hall–Kier alpha value is -2.23. The van der Waals surface area contributed by atoms with Gasteiger partial charge in [-0.1, -0.05) is 0 Å². The van der Waals surface area contributed by atoms with Gasteiger partial charge in [-0.3, -0.25) is 4.79 Å². The Labute approximate surface area is 170 Å². The summed E-state index contributed by atoms with van der Waals surface area (Å²) in [7, 11) is 0. The molecule has 2 saturated heterocycles. The van der Waals surface area contributed by atoms with E-state index in [2.05, 4.69) is 15.0 Å². The molecule has 0 aromatic carbocycles. The Balaban J connectivity index is 1.52. The molecule has 0 unspecified atom stereocenters. The van der Waals surface area contributed by atoms with Gasteiger partial charge in [0.1, 0.15) is 17.8 Å². The summed E-state index contributed by atoms with van der Waals surface area (Å²) in [4.78, 5) is 28.4. The van der Waals surface area contributed by atoms with Crippen LogP contribution in [0.1, 0.15) is 48.5 Å². The van der Waals surface area contributed by atoms with Crippen LogP contribution < -0.4 is 4.90 Å². The predicted octanol–water partition coefficient (Wildman–Crippen LogP) is 3.81. The molecular weight excluding hydrogens is 403 g/mol. The number of thiazole rings is 1. The normalized spacial score (nSPS) is 23.1. The lowest BCUT2D eigenvalue weighted by Gasteiger charge is -2.38. The maximum absolute atomic E-state index is 13.0. The van der Waals surface area contributed by atoms with Crippen molar-refractivity contribution in [1.82, 2.24) is 19.9 Å². The number of likely N-dealkylation sites (tertiary alicyclic amines) is 1. The number of anilines is 1. The van der Waals surface area contributed by atoms with Gasteiger partial charge in [0.05, 0.1) is 17.2 Å². The molecule has 4 rings (SSSR count). The molecule has 0 bridgehead atoms. The molecule has 29 heavy (non-hydrogen) atoms. The van der Waals surface area contributed by atoms with Crippen molar-refractivity contribution in [2.24, 2.45) is 0 Å². The second kappa shape index (κ2) is 7.55. The van der Waals surface area contributed by atoms with Gasteiger partial charge in [-0.05, 0) is 32.6 Å². The van der Waals surface area contributed by atoms with Crippen LogP contribution in [0, 0.1) is 6.92 Å². The first-order chi connectivity index (χ1) is 13.8. The highest BCUT2D eigenvalue weighted by atomic mass is 32.1. The molecule has 0 N–H and O–H groups in total. The summed E-state index contributed by atoms with van der Waals surface area (Å²) in [6.45, 7) is 3.59. The maximum Gasteiger partial charge on any atom is 0.433 e. The number of hydrogen-bond donors (Lipinski definition) is 0. The first-order valence-corrected chi connectivity index (χ1v) is 10.5. The monoisotopic (exact) mass is 425 g/mol. The van der Waals surface area contributed by atoms with E-state index in [4.69, 9.17) is 0 Å². The van der Waals surface area contributed by atoms with E-state index in [0.717, 1.165) is 42.4 Å². The van der Waals surface area contributed by atoms with Crippen LogP contribution in [-0.4, -0.2) is 44.4 Å². The summed E-state index contributed by atoms with van der Waals surface area (Å²) in [5.74, 6) is 0.417. The molecule has 2 aliphatic rings. The van der Waals surface area contributed by atoms with Crippen LogP contribution in [-0.2, 0) is 17.5 Å². The van der Waals surface area contributed by atoms with E-state index in [9.17, 15) is 18.0 Å². The fraction of sp³-hybridized carbons (Fsp3) is 0.579. The number of nitrogens with zero attached hydrogens (tertiary/aromatic N) is 5. The number of aromatic nitrogens is 3. The van der Waals surface area contributed by atoms with Crippen molar-refractivity contribution in [3.05, 3.63) is 34.2 Å². The zero-order valence-electron chi connectivity index (χ0n) is 16.1. The van der Waals surface area contributed by atoms with Crippen LogP contribution in [0.4, 0.5) is 19.0 Å². The lowest BCUT2D eigenvalue weighted by atomic mass is 9.87. The van der Waals surface area contributed by atoms with Gasteiger partial charge in [0.25, 0.3) is 0 Å². The minimum atomic E-state index is -4.49. The lowest BCUT2D eigenvalue weighted by molar-refractivity contribution is -0.141. The molecule has 6 nitrogen and oxygen atoms in total. The van der Waals surface area contributed by atoms with E-state index in [0.29, 0.717) is 32.5 Å². The molecule has 1 spiro atoms. The fourth-order valence-electron chi connectivity index (χ4n) is 4.38. The minimum Gasteiger partial charge on any atom is -0.356 e. The van der Waals surface area contributed by atoms with E-state index in [-0.39, 0.29) is 17.3 Å². The first kappa shape index (κ1) is 20.1. The van der Waals surface area contributed by atoms with Crippen LogP contribution in [0.3, 0.4) is 0 Å². The van der Waals surface area contributed by atoms with Gasteiger partial charge in [0.2, 0.25) is 5.91 Å². The lowest BCUT2D eigenvalue weighted by Crippen LogP contribution is -2.46. The summed E-state index contributed by atoms with van der Waals surface area (Å²) in [6.07, 6.45) is 0.0725. The van der Waals surface area contributed by atoms with Crippen LogP contribution in [0.5, 0.6) is 0 Å². The Morgan fingerprint density at radius 1 is 1.21 bits per heavy atom. The molecule has 2 aliphatic heterocycles. The third kappa shape index (κ3) is 4.08. The van der Waals surface area contributed by atoms with E-state index >= 15 is 0 Å². The van der Waals surface area contributed by atoms with Gasteiger partial charge in [0.15, 0.2) is 0 Å². The standard InChI is InChI=1S/C19H22F3N5OS/c1-13-25-14(11-29-13)10-27-17(28)3-5-18(27)4-2-7-26(8-6-18)16-9-15(19(20,21)22)23-12-24-16/h9,11-12H,2-8,10H2,1H3/t18-/m1/s1. The second-order valence-corrected chi connectivity index (χ2v) is 8.72. The SMILES string of the molecule is Cc1nc(CN2C(=O)CC[C@@]23CCCN(c2cc(C(F)(F)F)ncn2)CC3)cs1. The average Bonchev–Trinajstić information content (AvgIpc) is 3.13. The highest BCUT2D eigenvalue weighted by Crippen LogP contribution is 2.41. The third-order valence-corrected chi connectivity index (χ3v) is 6.67. The molecule has 1 atom stereocenters. The van der Waals surface area contributed by atoms with Gasteiger partial charge in [-0.15, -0.1) is 11.3 Å². The summed E-state index contributed by atoms with van der Waals surface area (Å²) >= 11 is 1.57. The molecule has 2 aromatic heterocycles. The average molecular weight is 425 g/mol. The summed E-state index contributed by atoms with van der Waals surface area (Å²) in [6, 6.07) is 1.01. The van der Waals surface area contributed by atoms with Gasteiger partial charge < -0.3 is 9.80 Å². The number of rotatable bonds is 3. The Bertz CT molecular complexity index is 902. The summed E-state index contributed by atoms with van der Waals surface area (Å²) in [5, 5.41) is 2.95. The largest absolute Gasteiger partial charge is 0.433 e. The molecular formula is C19H22F3N5OS. The van der Waals surface area contributed by atoms with Crippen molar-refractivity contribution in [3.8, 4) is 0 Å². The molecule has 0 radical (unpaired) electrons. The van der Waals surface area contributed by atoms with Crippen molar-refractivity contribution in [3.63, 3.8) is 0 Å². The summed E-state index contributed by atoms with van der Waals surface area (Å²) in [5.41, 5.74) is -0.296. The number of carbonyl (C=O) groups excluding carboxylic acids is 1. The first-order valence-electron chi connectivity index (χ1n) is 9.63. The van der Waals surface area contributed by atoms with Crippen LogP contribution >= 0.6 is 11.3 Å². The van der Waals surface area contributed by atoms with E-state index in [1.54, 1.807) is 11.3 Å². The Morgan fingerprint density at radius 3 is 2.76 bits per heavy atom. The number of aryl methyl sites for hydroxylation is 1. The quantitative estimate of drug-likeness (QED) is 0.748. The molecule has 2 aromatic rings. The maximum atomic E-state index is 13.0. The zero-order valence-corrected chi connectivity index (χ0v) is 16.9. The number of hydrogen-bond acceptors (Lipinski definition) is 6. The number of amides is 1. The summed E-state index contributed by atoms with van der Waals surface area (Å²) < 4.78 is 39.0. The fourth-order valence-corrected chi connectivity index (χ4v) is 4.98. The van der Waals surface area contributed by atoms with Crippen LogP contribution in [0.2, 0.25) is 0 Å². The molecule has 10 heteroatoms. The second-order valence-electron chi connectivity index (χ2n) is 7.66. The van der Waals surface area contributed by atoms with Crippen molar-refractivity contribution < 1.29 is 18.0 Å². The highest BCUT2D eigenvalue weighted by Gasteiger charge is 2.46. The smallest absolute Gasteiger partial charge is 0.356 e. The third-order valence-electron chi connectivity index (χ3n) is 5.85. The minimum absolute atomic E-state index is 0.130. The molecule has 156 valence electrons. The van der Waals surface area contributed by atoms with Gasteiger partial charge in [-0.25, -0.2) is 15.0 Å². The molecule has 1 amide bonds. The van der Waals surface area contributed by atoms with Crippen LogP contribution in [0.25, 0.3) is 0 Å². The topological polar surface area (TPSA) is 62.2 Å². The van der Waals surface area contributed by atoms with E-state index < -0.39 is 11.9 Å². The predicted molar refractivity (Wildman–Crippen MR) is 102 cm³/mol. The van der Waals surface area contributed by atoms with E-state index in [1.165, 1.54) is 0 Å². The van der Waals surface area contributed by atoms with Crippen molar-refractivity contribution in [1.29, 1.82) is 0 Å². The van der Waals surface area contributed by atoms with Gasteiger partial charge >= 0.3 is 6.18 Å². The van der Waals surface area contributed by atoms with E-state index in [1.807, 2.05) is 22.1 Å². The molecule has 0 aliphatic carbocycles.